The first-order chi connectivity index (χ1) is 5.20. The van der Waals surface area contributed by atoms with Gasteiger partial charge in [0.15, 0.2) is 0 Å². The predicted molar refractivity (Wildman–Crippen MR) is 36.9 cm³/mol. The minimum atomic E-state index is -1.04. The number of likely N-dealkylation sites (tertiary alicyclic amines) is 1. The molecular weight excluding hydrogens is 148 g/mol. The maximum absolute atomic E-state index is 10.9. The number of hydrogen-bond acceptors (Lipinski definition) is 3. The Labute approximate surface area is 64.1 Å². The normalized spacial score (nSPS) is 16.5. The highest BCUT2D eigenvalue weighted by Gasteiger charge is 2.20. The van der Waals surface area contributed by atoms with Crippen LogP contribution in [0.3, 0.4) is 0 Å². The van der Waals surface area contributed by atoms with E-state index in [1.54, 1.807) is 0 Å². The molecule has 0 atom stereocenters. The molecule has 62 valence electrons. The van der Waals surface area contributed by atoms with Crippen molar-refractivity contribution in [2.45, 2.75) is 12.8 Å². The monoisotopic (exact) mass is 158 g/mol. The second-order valence-electron chi connectivity index (χ2n) is 2.38. The van der Waals surface area contributed by atoms with E-state index in [-0.39, 0.29) is 0 Å². The molecule has 0 unspecified atom stereocenters. The molecular formula is C6H10N2O3. The van der Waals surface area contributed by atoms with Crippen LogP contribution in [0.5, 0.6) is 0 Å². The number of carbonyl (C=O) groups is 2. The Morgan fingerprint density at radius 3 is 2.27 bits per heavy atom. The van der Waals surface area contributed by atoms with E-state index >= 15 is 0 Å². The topological polar surface area (TPSA) is 72.6 Å². The fourth-order valence-electron chi connectivity index (χ4n) is 1.05. The molecule has 0 saturated carbocycles. The Hall–Kier alpha value is -1.26. The number of primary amides is 1. The minimum Gasteiger partial charge on any atom is -0.359 e. The van der Waals surface area contributed by atoms with Gasteiger partial charge < -0.3 is 15.4 Å². The van der Waals surface area contributed by atoms with Crippen molar-refractivity contribution < 1.29 is 14.3 Å². The molecule has 5 heteroatoms. The van der Waals surface area contributed by atoms with E-state index in [0.29, 0.717) is 13.1 Å². The van der Waals surface area contributed by atoms with Crippen molar-refractivity contribution in [1.82, 2.24) is 4.90 Å². The van der Waals surface area contributed by atoms with E-state index in [9.17, 15) is 9.59 Å². The molecule has 1 saturated heterocycles. The lowest BCUT2D eigenvalue weighted by molar-refractivity contribution is 0.129. The lowest BCUT2D eigenvalue weighted by Crippen LogP contribution is -2.32. The van der Waals surface area contributed by atoms with Gasteiger partial charge in [-0.3, -0.25) is 0 Å². The first kappa shape index (κ1) is 7.84. The molecule has 11 heavy (non-hydrogen) atoms. The molecule has 1 aliphatic rings. The van der Waals surface area contributed by atoms with Crippen LogP contribution in [0.2, 0.25) is 0 Å². The summed E-state index contributed by atoms with van der Waals surface area (Å²) in [5.41, 5.74) is 4.65. The van der Waals surface area contributed by atoms with Gasteiger partial charge in [-0.15, -0.1) is 0 Å². The van der Waals surface area contributed by atoms with Crippen molar-refractivity contribution >= 4 is 12.2 Å². The van der Waals surface area contributed by atoms with Crippen LogP contribution in [0, 0.1) is 0 Å². The summed E-state index contributed by atoms with van der Waals surface area (Å²) in [6.45, 7) is 1.32. The van der Waals surface area contributed by atoms with Gasteiger partial charge in [0.2, 0.25) is 0 Å². The Balaban J connectivity index is 2.34. The van der Waals surface area contributed by atoms with E-state index in [2.05, 4.69) is 10.5 Å². The summed E-state index contributed by atoms with van der Waals surface area (Å²) in [5, 5.41) is 0. The molecule has 1 fully saturated rings. The maximum atomic E-state index is 10.9. The molecule has 1 rings (SSSR count). The number of rotatable bonds is 0. The number of amides is 2. The molecule has 2 N–H and O–H groups in total. The first-order valence-electron chi connectivity index (χ1n) is 3.46. The van der Waals surface area contributed by atoms with Crippen molar-refractivity contribution in [2.75, 3.05) is 13.1 Å². The van der Waals surface area contributed by atoms with Crippen molar-refractivity contribution in [3.63, 3.8) is 0 Å². The first-order valence-corrected chi connectivity index (χ1v) is 3.46. The van der Waals surface area contributed by atoms with Crippen LogP contribution in [-0.2, 0) is 4.74 Å². The summed E-state index contributed by atoms with van der Waals surface area (Å²) in [7, 11) is 0. The van der Waals surface area contributed by atoms with Gasteiger partial charge >= 0.3 is 12.2 Å². The van der Waals surface area contributed by atoms with E-state index in [1.807, 2.05) is 0 Å². The fraction of sp³-hybridized carbons (Fsp3) is 0.667. The highest BCUT2D eigenvalue weighted by Crippen LogP contribution is 2.08. The van der Waals surface area contributed by atoms with Gasteiger partial charge in [-0.1, -0.05) is 0 Å². The Morgan fingerprint density at radius 2 is 1.82 bits per heavy atom. The Morgan fingerprint density at radius 1 is 1.27 bits per heavy atom. The number of nitrogens with zero attached hydrogens (tertiary/aromatic N) is 1. The zero-order valence-corrected chi connectivity index (χ0v) is 6.08. The molecule has 0 radical (unpaired) electrons. The number of hydrogen-bond donors (Lipinski definition) is 1. The maximum Gasteiger partial charge on any atom is 0.418 e. The van der Waals surface area contributed by atoms with Gasteiger partial charge in [0.05, 0.1) is 0 Å². The summed E-state index contributed by atoms with van der Waals surface area (Å²) in [6.07, 6.45) is 0.263. The van der Waals surface area contributed by atoms with Gasteiger partial charge in [-0.25, -0.2) is 9.59 Å². The molecule has 5 nitrogen and oxygen atoms in total. The highest BCUT2D eigenvalue weighted by atomic mass is 16.6. The average molecular weight is 158 g/mol. The van der Waals surface area contributed by atoms with Crippen molar-refractivity contribution in [3.05, 3.63) is 0 Å². The number of ether oxygens (including phenoxy) is 1. The zero-order chi connectivity index (χ0) is 8.27. The van der Waals surface area contributed by atoms with E-state index in [0.717, 1.165) is 12.8 Å². The number of nitrogens with two attached hydrogens (primary N) is 1. The second kappa shape index (κ2) is 3.23. The summed E-state index contributed by atoms with van der Waals surface area (Å²) < 4.78 is 4.16. The third-order valence-electron chi connectivity index (χ3n) is 1.55. The molecule has 1 heterocycles. The van der Waals surface area contributed by atoms with E-state index in [1.165, 1.54) is 4.90 Å². The summed E-state index contributed by atoms with van der Waals surface area (Å²) in [4.78, 5) is 22.4. The van der Waals surface area contributed by atoms with Gasteiger partial charge in [0.1, 0.15) is 0 Å². The largest absolute Gasteiger partial charge is 0.418 e. The molecule has 0 spiro atoms. The molecule has 0 aromatic heterocycles. The second-order valence-corrected chi connectivity index (χ2v) is 2.38. The average Bonchev–Trinajstić information content (AvgIpc) is 2.35. The van der Waals surface area contributed by atoms with Gasteiger partial charge in [-0.2, -0.15) is 0 Å². The van der Waals surface area contributed by atoms with Crippen LogP contribution in [-0.4, -0.2) is 30.2 Å². The van der Waals surface area contributed by atoms with Gasteiger partial charge in [0, 0.05) is 13.1 Å². The lowest BCUT2D eigenvalue weighted by atomic mass is 10.4. The van der Waals surface area contributed by atoms with Gasteiger partial charge in [0.25, 0.3) is 0 Å². The van der Waals surface area contributed by atoms with Crippen molar-refractivity contribution in [2.24, 2.45) is 5.73 Å². The number of carbonyl (C=O) groups excluding carboxylic acids is 2. The molecule has 0 aliphatic carbocycles. The molecule has 0 aromatic carbocycles. The smallest absolute Gasteiger partial charge is 0.359 e. The molecule has 2 amide bonds. The lowest BCUT2D eigenvalue weighted by Gasteiger charge is -2.11. The zero-order valence-electron chi connectivity index (χ0n) is 6.08. The molecule has 1 aliphatic heterocycles. The van der Waals surface area contributed by atoms with Crippen LogP contribution in [0.4, 0.5) is 9.59 Å². The third kappa shape index (κ3) is 2.10. The standard InChI is InChI=1S/C6H10N2O3/c7-5(9)11-6(10)8-3-1-2-4-8/h1-4H2,(H2,7,9). The highest BCUT2D eigenvalue weighted by molar-refractivity contribution is 5.82. The summed E-state index contributed by atoms with van der Waals surface area (Å²) in [5.74, 6) is 0. The van der Waals surface area contributed by atoms with Crippen molar-refractivity contribution in [3.8, 4) is 0 Å². The van der Waals surface area contributed by atoms with Crippen LogP contribution >= 0.6 is 0 Å². The van der Waals surface area contributed by atoms with Crippen LogP contribution in [0.15, 0.2) is 0 Å². The minimum absolute atomic E-state index is 0.630. The van der Waals surface area contributed by atoms with Crippen molar-refractivity contribution in [1.29, 1.82) is 0 Å². The summed E-state index contributed by atoms with van der Waals surface area (Å²) in [6, 6.07) is 0. The summed E-state index contributed by atoms with van der Waals surface area (Å²) >= 11 is 0. The fourth-order valence-corrected chi connectivity index (χ4v) is 1.05. The van der Waals surface area contributed by atoms with E-state index < -0.39 is 12.2 Å². The van der Waals surface area contributed by atoms with Crippen LogP contribution in [0.25, 0.3) is 0 Å². The Bertz CT molecular complexity index is 175. The van der Waals surface area contributed by atoms with Crippen LogP contribution in [0.1, 0.15) is 12.8 Å². The van der Waals surface area contributed by atoms with Gasteiger partial charge in [-0.05, 0) is 12.8 Å². The SMILES string of the molecule is NC(=O)OC(=O)N1CCCC1. The van der Waals surface area contributed by atoms with E-state index in [4.69, 9.17) is 0 Å². The quantitative estimate of drug-likeness (QED) is 0.515. The molecule has 0 aromatic rings. The molecule has 0 bridgehead atoms. The Kier molecular flexibility index (Phi) is 2.30. The third-order valence-corrected chi connectivity index (χ3v) is 1.55. The van der Waals surface area contributed by atoms with Crippen LogP contribution < -0.4 is 5.73 Å². The predicted octanol–water partition coefficient (Wildman–Crippen LogP) is 0.298.